The Bertz CT molecular complexity index is 705. The first kappa shape index (κ1) is 18.5. The Balaban J connectivity index is 1.98. The molecule has 3 nitrogen and oxygen atoms in total. The van der Waals surface area contributed by atoms with E-state index in [0.717, 1.165) is 5.56 Å². The van der Waals surface area contributed by atoms with Crippen molar-refractivity contribution in [2.45, 2.75) is 19.9 Å². The second kappa shape index (κ2) is 8.35. The summed E-state index contributed by atoms with van der Waals surface area (Å²) in [5.74, 6) is -0.946. The number of hydrogen-bond donors (Lipinski definition) is 2. The molecule has 0 spiro atoms. The highest BCUT2D eigenvalue weighted by Crippen LogP contribution is 2.22. The minimum atomic E-state index is -0.503. The van der Waals surface area contributed by atoms with Crippen molar-refractivity contribution in [2.24, 2.45) is 5.92 Å². The number of rotatable bonds is 6. The van der Waals surface area contributed by atoms with Gasteiger partial charge in [-0.25, -0.2) is 8.78 Å². The number of carbonyl (C=O) groups excluding carboxylic acids is 1. The van der Waals surface area contributed by atoms with Gasteiger partial charge in [0, 0.05) is 10.5 Å². The van der Waals surface area contributed by atoms with Gasteiger partial charge >= 0.3 is 0 Å². The van der Waals surface area contributed by atoms with Crippen LogP contribution < -0.4 is 10.6 Å². The highest BCUT2D eigenvalue weighted by atomic mass is 79.9. The van der Waals surface area contributed by atoms with E-state index >= 15 is 0 Å². The molecule has 2 rings (SSSR count). The van der Waals surface area contributed by atoms with Gasteiger partial charge < -0.3 is 10.6 Å². The topological polar surface area (TPSA) is 41.1 Å². The number of carbonyl (C=O) groups is 1. The van der Waals surface area contributed by atoms with Crippen LogP contribution in [0.25, 0.3) is 0 Å². The van der Waals surface area contributed by atoms with E-state index in [1.165, 1.54) is 24.3 Å². The molecule has 2 aromatic rings. The maximum Gasteiger partial charge on any atom is 0.238 e. The molecule has 2 aromatic carbocycles. The van der Waals surface area contributed by atoms with Crippen LogP contribution in [0.3, 0.4) is 0 Å². The molecule has 128 valence electrons. The van der Waals surface area contributed by atoms with Crippen molar-refractivity contribution in [2.75, 3.05) is 11.9 Å². The van der Waals surface area contributed by atoms with Gasteiger partial charge in [0.1, 0.15) is 11.6 Å². The van der Waals surface area contributed by atoms with Crippen molar-refractivity contribution in [1.82, 2.24) is 5.32 Å². The van der Waals surface area contributed by atoms with Crippen LogP contribution in [0, 0.1) is 17.6 Å². The molecule has 1 amide bonds. The third kappa shape index (κ3) is 5.11. The van der Waals surface area contributed by atoms with E-state index in [0.29, 0.717) is 4.47 Å². The monoisotopic (exact) mass is 396 g/mol. The van der Waals surface area contributed by atoms with E-state index in [2.05, 4.69) is 26.6 Å². The first-order valence-electron chi connectivity index (χ1n) is 7.60. The molecular weight excluding hydrogens is 378 g/mol. The fraction of sp³-hybridized carbons (Fsp3) is 0.278. The van der Waals surface area contributed by atoms with Crippen molar-refractivity contribution in [3.05, 3.63) is 64.1 Å². The smallest absolute Gasteiger partial charge is 0.238 e. The zero-order valence-corrected chi connectivity index (χ0v) is 15.0. The van der Waals surface area contributed by atoms with Crippen LogP contribution in [0.1, 0.15) is 25.5 Å². The molecule has 0 unspecified atom stereocenters. The van der Waals surface area contributed by atoms with E-state index in [-0.39, 0.29) is 35.9 Å². The second-order valence-electron chi connectivity index (χ2n) is 5.83. The number of anilines is 1. The molecule has 0 saturated carbocycles. The second-order valence-corrected chi connectivity index (χ2v) is 6.74. The minimum absolute atomic E-state index is 0.0235. The molecule has 2 N–H and O–H groups in total. The first-order chi connectivity index (χ1) is 11.4. The SMILES string of the molecule is CC(C)[C@@H](NCC(=O)Nc1ccc(Br)cc1F)c1ccc(F)cc1. The molecule has 0 aliphatic carbocycles. The minimum Gasteiger partial charge on any atom is -0.322 e. The Kier molecular flexibility index (Phi) is 6.45. The van der Waals surface area contributed by atoms with Gasteiger partial charge in [0.05, 0.1) is 12.2 Å². The van der Waals surface area contributed by atoms with Crippen molar-refractivity contribution >= 4 is 27.5 Å². The van der Waals surface area contributed by atoms with Crippen LogP contribution in [-0.4, -0.2) is 12.5 Å². The number of amides is 1. The van der Waals surface area contributed by atoms with Crippen LogP contribution in [0.15, 0.2) is 46.9 Å². The zero-order valence-electron chi connectivity index (χ0n) is 13.4. The molecule has 0 radical (unpaired) electrons. The van der Waals surface area contributed by atoms with Crippen molar-refractivity contribution in [3.63, 3.8) is 0 Å². The summed E-state index contributed by atoms with van der Waals surface area (Å²) in [6, 6.07) is 10.5. The summed E-state index contributed by atoms with van der Waals surface area (Å²) >= 11 is 3.17. The van der Waals surface area contributed by atoms with Crippen molar-refractivity contribution in [3.8, 4) is 0 Å². The lowest BCUT2D eigenvalue weighted by Gasteiger charge is -2.23. The van der Waals surface area contributed by atoms with Gasteiger partial charge in [0.2, 0.25) is 5.91 Å². The zero-order chi connectivity index (χ0) is 17.7. The molecule has 0 aliphatic heterocycles. The molecule has 0 fully saturated rings. The highest BCUT2D eigenvalue weighted by molar-refractivity contribution is 9.10. The summed E-state index contributed by atoms with van der Waals surface area (Å²) in [7, 11) is 0. The van der Waals surface area contributed by atoms with Crippen LogP contribution in [0.5, 0.6) is 0 Å². The van der Waals surface area contributed by atoms with Crippen LogP contribution in [0.4, 0.5) is 14.5 Å². The summed E-state index contributed by atoms with van der Waals surface area (Å²) in [6.07, 6.45) is 0. The van der Waals surface area contributed by atoms with Gasteiger partial charge in [0.15, 0.2) is 0 Å². The lowest BCUT2D eigenvalue weighted by Crippen LogP contribution is -2.33. The molecular formula is C18H19BrF2N2O. The molecule has 6 heteroatoms. The molecule has 0 aliphatic rings. The lowest BCUT2D eigenvalue weighted by atomic mass is 9.96. The van der Waals surface area contributed by atoms with Crippen LogP contribution in [0.2, 0.25) is 0 Å². The summed E-state index contributed by atoms with van der Waals surface area (Å²) < 4.78 is 27.4. The molecule has 24 heavy (non-hydrogen) atoms. The van der Waals surface area contributed by atoms with E-state index in [1.54, 1.807) is 18.2 Å². The van der Waals surface area contributed by atoms with Crippen LogP contribution in [-0.2, 0) is 4.79 Å². The summed E-state index contributed by atoms with van der Waals surface area (Å²) in [5, 5.41) is 5.67. The van der Waals surface area contributed by atoms with Gasteiger partial charge in [-0.2, -0.15) is 0 Å². The maximum atomic E-state index is 13.7. The van der Waals surface area contributed by atoms with Gasteiger partial charge in [-0.3, -0.25) is 4.79 Å². The molecule has 0 bridgehead atoms. The van der Waals surface area contributed by atoms with Crippen LogP contribution >= 0.6 is 15.9 Å². The van der Waals surface area contributed by atoms with E-state index in [1.807, 2.05) is 13.8 Å². The summed E-state index contributed by atoms with van der Waals surface area (Å²) in [6.45, 7) is 4.04. The Morgan fingerprint density at radius 3 is 2.38 bits per heavy atom. The number of hydrogen-bond acceptors (Lipinski definition) is 2. The average Bonchev–Trinajstić information content (AvgIpc) is 2.52. The van der Waals surface area contributed by atoms with Gasteiger partial charge in [0.25, 0.3) is 0 Å². The molecule has 0 saturated heterocycles. The molecule has 0 heterocycles. The van der Waals surface area contributed by atoms with E-state index in [4.69, 9.17) is 0 Å². The first-order valence-corrected chi connectivity index (χ1v) is 8.40. The molecule has 0 aromatic heterocycles. The summed E-state index contributed by atoms with van der Waals surface area (Å²) in [5.41, 5.74) is 1.03. The standard InChI is InChI=1S/C18H19BrF2N2O/c1-11(2)18(12-3-6-14(20)7-4-12)22-10-17(24)23-16-8-5-13(19)9-15(16)21/h3-9,11,18,22H,10H2,1-2H3,(H,23,24)/t18-/m1/s1. The van der Waals surface area contributed by atoms with Gasteiger partial charge in [-0.1, -0.05) is 41.9 Å². The number of nitrogens with one attached hydrogen (secondary N) is 2. The largest absolute Gasteiger partial charge is 0.322 e. The van der Waals surface area contributed by atoms with E-state index in [9.17, 15) is 13.6 Å². The fourth-order valence-corrected chi connectivity index (χ4v) is 2.73. The Morgan fingerprint density at radius 1 is 1.12 bits per heavy atom. The number of benzene rings is 2. The highest BCUT2D eigenvalue weighted by Gasteiger charge is 2.17. The number of halogens is 3. The van der Waals surface area contributed by atoms with Crippen molar-refractivity contribution < 1.29 is 13.6 Å². The Morgan fingerprint density at radius 2 is 1.79 bits per heavy atom. The van der Waals surface area contributed by atoms with Crippen molar-refractivity contribution in [1.29, 1.82) is 0 Å². The van der Waals surface area contributed by atoms with Gasteiger partial charge in [-0.05, 0) is 41.8 Å². The third-order valence-electron chi connectivity index (χ3n) is 3.58. The predicted octanol–water partition coefficient (Wildman–Crippen LogP) is 4.65. The quantitative estimate of drug-likeness (QED) is 0.745. The average molecular weight is 397 g/mol. The fourth-order valence-electron chi connectivity index (χ4n) is 2.40. The predicted molar refractivity (Wildman–Crippen MR) is 94.7 cm³/mol. The molecule has 1 atom stereocenters. The third-order valence-corrected chi connectivity index (χ3v) is 4.08. The Hall–Kier alpha value is -1.79. The lowest BCUT2D eigenvalue weighted by molar-refractivity contribution is -0.115. The maximum absolute atomic E-state index is 13.7. The van der Waals surface area contributed by atoms with E-state index < -0.39 is 5.82 Å². The summed E-state index contributed by atoms with van der Waals surface area (Å²) in [4.78, 5) is 12.1. The Labute approximate surface area is 148 Å². The van der Waals surface area contributed by atoms with Gasteiger partial charge in [-0.15, -0.1) is 0 Å². The normalized spacial score (nSPS) is 12.2.